The van der Waals surface area contributed by atoms with Gasteiger partial charge in [-0.2, -0.15) is 10.2 Å². The number of aryl methyl sites for hydroxylation is 1. The van der Waals surface area contributed by atoms with Crippen LogP contribution in [0.3, 0.4) is 0 Å². The Kier molecular flexibility index (Phi) is 1.55. The molecule has 0 bridgehead atoms. The average molecular weight is 200 g/mol. The predicted octanol–water partition coefficient (Wildman–Crippen LogP) is 3.15. The van der Waals surface area contributed by atoms with Crippen molar-refractivity contribution < 1.29 is 0 Å². The Morgan fingerprint density at radius 2 is 1.86 bits per heavy atom. The van der Waals surface area contributed by atoms with Gasteiger partial charge in [-0.15, -0.1) is 11.3 Å². The normalized spacial score (nSPS) is 11.2. The number of aromatic nitrogens is 2. The Balaban J connectivity index is 2.58. The number of fused-ring (bicyclic) bond motifs is 3. The van der Waals surface area contributed by atoms with E-state index in [4.69, 9.17) is 0 Å². The van der Waals surface area contributed by atoms with E-state index in [2.05, 4.69) is 35.3 Å². The lowest BCUT2D eigenvalue weighted by atomic mass is 10.1. The molecule has 14 heavy (non-hydrogen) atoms. The van der Waals surface area contributed by atoms with Crippen LogP contribution in [0.1, 0.15) is 5.56 Å². The monoisotopic (exact) mass is 200 g/mol. The van der Waals surface area contributed by atoms with Crippen molar-refractivity contribution in [3.05, 3.63) is 36.2 Å². The van der Waals surface area contributed by atoms with Gasteiger partial charge in [0, 0.05) is 15.5 Å². The van der Waals surface area contributed by atoms with Crippen LogP contribution in [0.5, 0.6) is 0 Å². The first-order valence-corrected chi connectivity index (χ1v) is 5.26. The molecule has 3 aromatic rings. The summed E-state index contributed by atoms with van der Waals surface area (Å²) in [7, 11) is 0. The average Bonchev–Trinajstić information content (AvgIpc) is 2.56. The summed E-state index contributed by atoms with van der Waals surface area (Å²) in [4.78, 5) is 0. The second kappa shape index (κ2) is 2.75. The molecule has 0 aliphatic carbocycles. The van der Waals surface area contributed by atoms with Crippen molar-refractivity contribution in [2.45, 2.75) is 6.92 Å². The topological polar surface area (TPSA) is 25.8 Å². The number of nitrogens with zero attached hydrogens (tertiary/aromatic N) is 2. The SMILES string of the molecule is Cc1ccc2sc3cnncc3c2c1. The van der Waals surface area contributed by atoms with E-state index in [9.17, 15) is 0 Å². The van der Waals surface area contributed by atoms with E-state index in [1.807, 2.05) is 12.4 Å². The van der Waals surface area contributed by atoms with E-state index in [1.165, 1.54) is 25.7 Å². The van der Waals surface area contributed by atoms with Gasteiger partial charge in [0.25, 0.3) is 0 Å². The third-order valence-corrected chi connectivity index (χ3v) is 3.46. The van der Waals surface area contributed by atoms with Gasteiger partial charge in [-0.1, -0.05) is 11.6 Å². The Morgan fingerprint density at radius 1 is 1.00 bits per heavy atom. The number of rotatable bonds is 0. The third kappa shape index (κ3) is 1.02. The molecule has 1 aromatic carbocycles. The molecule has 0 amide bonds. The molecule has 0 saturated heterocycles. The van der Waals surface area contributed by atoms with Crippen LogP contribution in [0.15, 0.2) is 30.6 Å². The van der Waals surface area contributed by atoms with Crippen molar-refractivity contribution in [3.8, 4) is 0 Å². The van der Waals surface area contributed by atoms with E-state index in [0.717, 1.165) is 0 Å². The molecule has 0 aliphatic rings. The van der Waals surface area contributed by atoms with E-state index >= 15 is 0 Å². The van der Waals surface area contributed by atoms with Crippen LogP contribution >= 0.6 is 11.3 Å². The van der Waals surface area contributed by atoms with Gasteiger partial charge in [0.05, 0.1) is 17.1 Å². The maximum Gasteiger partial charge on any atom is 0.0675 e. The lowest BCUT2D eigenvalue weighted by Gasteiger charge is -1.92. The molecule has 0 saturated carbocycles. The maximum atomic E-state index is 3.92. The van der Waals surface area contributed by atoms with Gasteiger partial charge in [0.2, 0.25) is 0 Å². The highest BCUT2D eigenvalue weighted by molar-refractivity contribution is 7.25. The van der Waals surface area contributed by atoms with Crippen molar-refractivity contribution in [3.63, 3.8) is 0 Å². The number of hydrogen-bond donors (Lipinski definition) is 0. The molecule has 0 fully saturated rings. The first-order chi connectivity index (χ1) is 6.84. The van der Waals surface area contributed by atoms with Gasteiger partial charge >= 0.3 is 0 Å². The van der Waals surface area contributed by atoms with Crippen LogP contribution < -0.4 is 0 Å². The van der Waals surface area contributed by atoms with Crippen LogP contribution in [0, 0.1) is 6.92 Å². The van der Waals surface area contributed by atoms with Crippen molar-refractivity contribution in [2.24, 2.45) is 0 Å². The highest BCUT2D eigenvalue weighted by Gasteiger charge is 2.04. The van der Waals surface area contributed by atoms with Crippen LogP contribution in [0.4, 0.5) is 0 Å². The first kappa shape index (κ1) is 7.88. The zero-order valence-corrected chi connectivity index (χ0v) is 8.51. The highest BCUT2D eigenvalue weighted by atomic mass is 32.1. The Labute approximate surface area is 85.2 Å². The van der Waals surface area contributed by atoms with Gasteiger partial charge in [0.1, 0.15) is 0 Å². The lowest BCUT2D eigenvalue weighted by Crippen LogP contribution is -1.75. The van der Waals surface area contributed by atoms with Crippen LogP contribution in [-0.2, 0) is 0 Å². The molecule has 0 unspecified atom stereocenters. The van der Waals surface area contributed by atoms with Crippen LogP contribution in [0.2, 0.25) is 0 Å². The summed E-state index contributed by atoms with van der Waals surface area (Å²) in [5.41, 5.74) is 1.29. The summed E-state index contributed by atoms with van der Waals surface area (Å²) in [6.45, 7) is 2.11. The molecular weight excluding hydrogens is 192 g/mol. The van der Waals surface area contributed by atoms with Crippen molar-refractivity contribution in [1.29, 1.82) is 0 Å². The summed E-state index contributed by atoms with van der Waals surface area (Å²) in [6, 6.07) is 6.50. The second-order valence-electron chi connectivity index (χ2n) is 3.37. The minimum absolute atomic E-state index is 1.21. The van der Waals surface area contributed by atoms with Crippen LogP contribution in [-0.4, -0.2) is 10.2 Å². The fourth-order valence-electron chi connectivity index (χ4n) is 1.66. The molecule has 0 aliphatic heterocycles. The number of hydrogen-bond acceptors (Lipinski definition) is 3. The van der Waals surface area contributed by atoms with E-state index in [0.29, 0.717) is 0 Å². The summed E-state index contributed by atoms with van der Waals surface area (Å²) in [5.74, 6) is 0. The molecular formula is C11H8N2S. The summed E-state index contributed by atoms with van der Waals surface area (Å²) in [6.07, 6.45) is 3.67. The standard InChI is InChI=1S/C11H8N2S/c1-7-2-3-10-8(4-7)9-5-12-13-6-11(9)14-10/h2-6H,1H3. The molecule has 3 heteroatoms. The highest BCUT2D eigenvalue weighted by Crippen LogP contribution is 2.32. The van der Waals surface area contributed by atoms with E-state index < -0.39 is 0 Å². The van der Waals surface area contributed by atoms with Gasteiger partial charge < -0.3 is 0 Å². The molecule has 3 rings (SSSR count). The maximum absolute atomic E-state index is 3.92. The Bertz CT molecular complexity index is 613. The van der Waals surface area contributed by atoms with Gasteiger partial charge in [-0.25, -0.2) is 0 Å². The third-order valence-electron chi connectivity index (χ3n) is 2.34. The minimum Gasteiger partial charge on any atom is -0.158 e. The zero-order chi connectivity index (χ0) is 9.54. The van der Waals surface area contributed by atoms with E-state index in [1.54, 1.807) is 11.3 Å². The lowest BCUT2D eigenvalue weighted by molar-refractivity contribution is 1.05. The van der Waals surface area contributed by atoms with Crippen molar-refractivity contribution in [1.82, 2.24) is 10.2 Å². The van der Waals surface area contributed by atoms with Gasteiger partial charge in [0.15, 0.2) is 0 Å². The molecule has 68 valence electrons. The summed E-state index contributed by atoms with van der Waals surface area (Å²) >= 11 is 1.77. The van der Waals surface area contributed by atoms with Crippen molar-refractivity contribution in [2.75, 3.05) is 0 Å². The molecule has 0 spiro atoms. The second-order valence-corrected chi connectivity index (χ2v) is 4.45. The fourth-order valence-corrected chi connectivity index (χ4v) is 2.68. The molecule has 0 N–H and O–H groups in total. The zero-order valence-electron chi connectivity index (χ0n) is 7.69. The molecule has 0 atom stereocenters. The quantitative estimate of drug-likeness (QED) is 0.557. The largest absolute Gasteiger partial charge is 0.158 e. The fraction of sp³-hybridized carbons (Fsp3) is 0.0909. The number of thiophene rings is 1. The van der Waals surface area contributed by atoms with Gasteiger partial charge in [-0.3, -0.25) is 0 Å². The molecule has 0 radical (unpaired) electrons. The van der Waals surface area contributed by atoms with E-state index in [-0.39, 0.29) is 0 Å². The van der Waals surface area contributed by atoms with Gasteiger partial charge in [-0.05, 0) is 19.1 Å². The first-order valence-electron chi connectivity index (χ1n) is 4.44. The summed E-state index contributed by atoms with van der Waals surface area (Å²) in [5, 5.41) is 10.3. The molecule has 2 heterocycles. The summed E-state index contributed by atoms with van der Waals surface area (Å²) < 4.78 is 2.51. The van der Waals surface area contributed by atoms with Crippen molar-refractivity contribution >= 4 is 31.5 Å². The smallest absolute Gasteiger partial charge is 0.0675 e. The predicted molar refractivity (Wildman–Crippen MR) is 59.7 cm³/mol. The number of benzene rings is 1. The molecule has 2 aromatic heterocycles. The minimum atomic E-state index is 1.21. The Hall–Kier alpha value is -1.48. The molecule has 2 nitrogen and oxygen atoms in total. The van der Waals surface area contributed by atoms with Crippen LogP contribution in [0.25, 0.3) is 20.2 Å². The Morgan fingerprint density at radius 3 is 2.79 bits per heavy atom.